The molecular weight excluding hydrogens is 252 g/mol. The van der Waals surface area contributed by atoms with Gasteiger partial charge in [-0.2, -0.15) is 0 Å². The molecule has 1 saturated carbocycles. The molecule has 2 aromatic heterocycles. The van der Waals surface area contributed by atoms with Gasteiger partial charge in [-0.05, 0) is 12.8 Å². The molecule has 20 heavy (non-hydrogen) atoms. The highest BCUT2D eigenvalue weighted by Crippen LogP contribution is 2.22. The molecule has 0 bridgehead atoms. The van der Waals surface area contributed by atoms with Crippen LogP contribution in [0.15, 0.2) is 18.6 Å². The van der Waals surface area contributed by atoms with E-state index in [0.29, 0.717) is 11.9 Å². The minimum absolute atomic E-state index is 0.483. The maximum absolute atomic E-state index is 5.48. The van der Waals surface area contributed by atoms with Crippen LogP contribution in [0.3, 0.4) is 0 Å². The Balaban J connectivity index is 1.82. The second-order valence-electron chi connectivity index (χ2n) is 5.46. The molecule has 0 aromatic carbocycles. The number of nitrogens with zero attached hydrogens (tertiary/aromatic N) is 3. The van der Waals surface area contributed by atoms with Crippen LogP contribution in [-0.4, -0.2) is 20.4 Å². The second-order valence-corrected chi connectivity index (χ2v) is 5.46. The molecular formula is C14H22N6. The van der Waals surface area contributed by atoms with Crippen molar-refractivity contribution in [3.8, 4) is 0 Å². The van der Waals surface area contributed by atoms with Crippen LogP contribution in [0.25, 0.3) is 5.65 Å². The Morgan fingerprint density at radius 2 is 1.90 bits per heavy atom. The molecule has 0 radical (unpaired) electrons. The van der Waals surface area contributed by atoms with Gasteiger partial charge in [0.15, 0.2) is 17.3 Å². The summed E-state index contributed by atoms with van der Waals surface area (Å²) in [6, 6.07) is 0.483. The summed E-state index contributed by atoms with van der Waals surface area (Å²) in [6.07, 6.45) is 14.6. The van der Waals surface area contributed by atoms with Gasteiger partial charge in [-0.15, -0.1) is 0 Å². The number of imidazole rings is 1. The van der Waals surface area contributed by atoms with Gasteiger partial charge in [0.2, 0.25) is 0 Å². The first-order valence-corrected chi connectivity index (χ1v) is 7.43. The van der Waals surface area contributed by atoms with Crippen molar-refractivity contribution in [2.75, 3.05) is 10.7 Å². The Bertz CT molecular complexity index is 556. The summed E-state index contributed by atoms with van der Waals surface area (Å²) in [5.41, 5.74) is 3.46. The van der Waals surface area contributed by atoms with Gasteiger partial charge in [-0.25, -0.2) is 15.8 Å². The number of nitrogen functional groups attached to an aromatic ring is 1. The molecule has 4 N–H and O–H groups in total. The van der Waals surface area contributed by atoms with E-state index in [1.54, 1.807) is 6.20 Å². The fourth-order valence-corrected chi connectivity index (χ4v) is 2.89. The number of rotatable bonds is 3. The van der Waals surface area contributed by atoms with Gasteiger partial charge in [-0.3, -0.25) is 0 Å². The van der Waals surface area contributed by atoms with Crippen molar-refractivity contribution in [3.05, 3.63) is 18.6 Å². The Labute approximate surface area is 118 Å². The predicted octanol–water partition coefficient (Wildman–Crippen LogP) is 2.54. The van der Waals surface area contributed by atoms with Crippen molar-refractivity contribution in [2.45, 2.75) is 51.0 Å². The first kappa shape index (κ1) is 13.2. The molecule has 3 rings (SSSR count). The minimum Gasteiger partial charge on any atom is -0.364 e. The number of fused-ring (bicyclic) bond motifs is 1. The van der Waals surface area contributed by atoms with Crippen LogP contribution >= 0.6 is 0 Å². The smallest absolute Gasteiger partial charge is 0.180 e. The normalized spacial score (nSPS) is 17.6. The molecule has 1 fully saturated rings. The zero-order chi connectivity index (χ0) is 13.8. The number of aromatic nitrogens is 3. The summed E-state index contributed by atoms with van der Waals surface area (Å²) >= 11 is 0. The van der Waals surface area contributed by atoms with E-state index in [4.69, 9.17) is 5.84 Å². The molecule has 6 nitrogen and oxygen atoms in total. The van der Waals surface area contributed by atoms with E-state index in [2.05, 4.69) is 20.7 Å². The molecule has 0 amide bonds. The van der Waals surface area contributed by atoms with Gasteiger partial charge in [0.1, 0.15) is 0 Å². The summed E-state index contributed by atoms with van der Waals surface area (Å²) in [5.74, 6) is 6.94. The third kappa shape index (κ3) is 2.85. The SMILES string of the molecule is NNc1cn2ccnc2c(NC2CCCCCCC2)n1. The van der Waals surface area contributed by atoms with Crippen molar-refractivity contribution in [1.29, 1.82) is 0 Å². The number of hydrogen-bond donors (Lipinski definition) is 3. The first-order chi connectivity index (χ1) is 9.86. The van der Waals surface area contributed by atoms with Crippen molar-refractivity contribution >= 4 is 17.3 Å². The van der Waals surface area contributed by atoms with E-state index in [0.717, 1.165) is 11.5 Å². The molecule has 108 valence electrons. The molecule has 2 heterocycles. The van der Waals surface area contributed by atoms with Gasteiger partial charge < -0.3 is 15.1 Å². The number of nitrogens with one attached hydrogen (secondary N) is 2. The number of hydrogen-bond acceptors (Lipinski definition) is 5. The zero-order valence-electron chi connectivity index (χ0n) is 11.7. The van der Waals surface area contributed by atoms with E-state index < -0.39 is 0 Å². The minimum atomic E-state index is 0.483. The summed E-state index contributed by atoms with van der Waals surface area (Å²) in [7, 11) is 0. The highest BCUT2D eigenvalue weighted by Gasteiger charge is 2.14. The lowest BCUT2D eigenvalue weighted by molar-refractivity contribution is 0.471. The monoisotopic (exact) mass is 274 g/mol. The highest BCUT2D eigenvalue weighted by molar-refractivity contribution is 5.65. The van der Waals surface area contributed by atoms with Gasteiger partial charge >= 0.3 is 0 Å². The quantitative estimate of drug-likeness (QED) is 0.592. The Morgan fingerprint density at radius 1 is 1.15 bits per heavy atom. The first-order valence-electron chi connectivity index (χ1n) is 7.43. The fourth-order valence-electron chi connectivity index (χ4n) is 2.89. The van der Waals surface area contributed by atoms with Crippen LogP contribution in [0, 0.1) is 0 Å². The lowest BCUT2D eigenvalue weighted by Crippen LogP contribution is -2.22. The molecule has 0 aliphatic heterocycles. The fraction of sp³-hybridized carbons (Fsp3) is 0.571. The molecule has 1 aliphatic carbocycles. The van der Waals surface area contributed by atoms with E-state index in [-0.39, 0.29) is 0 Å². The molecule has 6 heteroatoms. The molecule has 0 unspecified atom stereocenters. The average Bonchev–Trinajstić information content (AvgIpc) is 2.89. The van der Waals surface area contributed by atoms with E-state index >= 15 is 0 Å². The summed E-state index contributed by atoms with van der Waals surface area (Å²) in [4.78, 5) is 8.88. The standard InChI is InChI=1S/C14H22N6/c15-19-12-10-20-9-8-16-14(20)13(18-12)17-11-6-4-2-1-3-5-7-11/h8-11,19H,1-7,15H2,(H,17,18). The van der Waals surface area contributed by atoms with Crippen LogP contribution in [-0.2, 0) is 0 Å². The zero-order valence-corrected chi connectivity index (χ0v) is 11.7. The predicted molar refractivity (Wildman–Crippen MR) is 80.5 cm³/mol. The molecule has 0 atom stereocenters. The summed E-state index contributed by atoms with van der Waals surface area (Å²) < 4.78 is 1.94. The summed E-state index contributed by atoms with van der Waals surface area (Å²) in [6.45, 7) is 0. The van der Waals surface area contributed by atoms with Gasteiger partial charge in [0.05, 0.1) is 6.20 Å². The number of hydrazine groups is 1. The van der Waals surface area contributed by atoms with E-state index in [9.17, 15) is 0 Å². The number of anilines is 2. The highest BCUT2D eigenvalue weighted by atomic mass is 15.3. The lowest BCUT2D eigenvalue weighted by Gasteiger charge is -2.22. The van der Waals surface area contributed by atoms with Crippen molar-refractivity contribution in [1.82, 2.24) is 14.4 Å². The van der Waals surface area contributed by atoms with Crippen LogP contribution in [0.4, 0.5) is 11.6 Å². The van der Waals surface area contributed by atoms with Crippen molar-refractivity contribution in [3.63, 3.8) is 0 Å². The number of nitrogens with two attached hydrogens (primary N) is 1. The Hall–Kier alpha value is -1.82. The Morgan fingerprint density at radius 3 is 2.65 bits per heavy atom. The van der Waals surface area contributed by atoms with Crippen LogP contribution in [0.1, 0.15) is 44.9 Å². The van der Waals surface area contributed by atoms with Gasteiger partial charge in [0.25, 0.3) is 0 Å². The van der Waals surface area contributed by atoms with Gasteiger partial charge in [-0.1, -0.05) is 32.1 Å². The molecule has 0 spiro atoms. The van der Waals surface area contributed by atoms with Crippen molar-refractivity contribution < 1.29 is 0 Å². The third-order valence-electron chi connectivity index (χ3n) is 3.97. The lowest BCUT2D eigenvalue weighted by atomic mass is 9.97. The molecule has 2 aromatic rings. The maximum Gasteiger partial charge on any atom is 0.180 e. The van der Waals surface area contributed by atoms with E-state index in [1.165, 1.54) is 44.9 Å². The molecule has 0 saturated heterocycles. The van der Waals surface area contributed by atoms with Crippen LogP contribution in [0.5, 0.6) is 0 Å². The Kier molecular flexibility index (Phi) is 4.01. The van der Waals surface area contributed by atoms with Crippen LogP contribution < -0.4 is 16.6 Å². The third-order valence-corrected chi connectivity index (χ3v) is 3.97. The van der Waals surface area contributed by atoms with Gasteiger partial charge in [0, 0.05) is 18.4 Å². The van der Waals surface area contributed by atoms with Crippen molar-refractivity contribution in [2.24, 2.45) is 5.84 Å². The molecule has 1 aliphatic rings. The largest absolute Gasteiger partial charge is 0.364 e. The van der Waals surface area contributed by atoms with Crippen LogP contribution in [0.2, 0.25) is 0 Å². The summed E-state index contributed by atoms with van der Waals surface area (Å²) in [5, 5.41) is 3.56. The maximum atomic E-state index is 5.48. The average molecular weight is 274 g/mol. The topological polar surface area (TPSA) is 80.3 Å². The second kappa shape index (κ2) is 6.09. The van der Waals surface area contributed by atoms with E-state index in [1.807, 2.05) is 16.8 Å².